The minimum absolute atomic E-state index is 0.00728. The molecule has 0 saturated heterocycles. The van der Waals surface area contributed by atoms with Crippen molar-refractivity contribution in [2.75, 3.05) is 58.9 Å². The lowest BCUT2D eigenvalue weighted by molar-refractivity contribution is -0.139. The number of benzene rings is 3. The molecule has 484 valence electrons. The number of nitrogens with zero attached hydrogens (tertiary/aromatic N) is 13. The summed E-state index contributed by atoms with van der Waals surface area (Å²) in [6.45, 7) is 7.44. The number of carbonyl (C=O) groups excluding carboxylic acids is 1. The molecular formula is C61H59F9N14O7S. The molecule has 3 aromatic carbocycles. The predicted octanol–water partition coefficient (Wildman–Crippen LogP) is 11.3. The third-order valence-corrected chi connectivity index (χ3v) is 14.3. The molecule has 0 aliphatic heterocycles. The normalized spacial score (nSPS) is 11.7. The molecule has 6 heterocycles. The smallest absolute Gasteiger partial charge is 0.419 e. The van der Waals surface area contributed by atoms with Gasteiger partial charge in [0.25, 0.3) is 10.1 Å². The Bertz CT molecular complexity index is 4370. The Kier molecular flexibility index (Phi) is 22.5. The number of aryl methyl sites for hydroxylation is 3. The van der Waals surface area contributed by atoms with Crippen LogP contribution in [-0.2, 0) is 58.8 Å². The highest BCUT2D eigenvalue weighted by molar-refractivity contribution is 7.85. The average Bonchev–Trinajstić information content (AvgIpc) is 1.41. The molecule has 6 aromatic heterocycles. The van der Waals surface area contributed by atoms with Gasteiger partial charge in [-0.25, -0.2) is 29.9 Å². The standard InChI is InChI=1S/C22H22F3N5O2.C20H20F3N5O.C19H17F3N4O4S/c1-4-30(14(2)31)8-5-9-32-20-7-6-15(10-16(20)22(23,24)25)17-11-19-21(18(12-26)28-17)27-13-29(19)3;1-3-25-7-4-8-29-18-6-5-13(9-14(18)20(21,22)23)15-10-17-19(16(11-24)27-15)26-12-28(17)2;1-26-11-24-18-15(10-23)25-14(9-16(18)26)12-4-5-17(13(8-12)19(20,21)22)29-6-3-7-30-31(2,27)28/h6-7,10-11,13H,4-5,8-9H2,1-3H3;5-6,9-10,12,25H,3-4,7-8H2,1-2H3;4-5,8-9,11H,3,6-7H2,1-2H3. The van der Waals surface area contributed by atoms with E-state index in [1.54, 1.807) is 57.9 Å². The Balaban J connectivity index is 0.000000196. The molecule has 0 unspecified atom stereocenters. The Morgan fingerprint density at radius 3 is 1.21 bits per heavy atom. The molecule has 1 amide bonds. The van der Waals surface area contributed by atoms with Crippen molar-refractivity contribution in [2.45, 2.75) is 58.6 Å². The quantitative estimate of drug-likeness (QED) is 0.0398. The van der Waals surface area contributed by atoms with E-state index in [1.165, 1.54) is 56.2 Å². The second-order valence-corrected chi connectivity index (χ2v) is 21.9. The largest absolute Gasteiger partial charge is 0.493 e. The third kappa shape index (κ3) is 17.5. The van der Waals surface area contributed by atoms with Gasteiger partial charge in [0.2, 0.25) is 5.91 Å². The highest BCUT2D eigenvalue weighted by Crippen LogP contribution is 2.42. The Morgan fingerprint density at radius 2 is 0.902 bits per heavy atom. The van der Waals surface area contributed by atoms with Crippen molar-refractivity contribution in [1.29, 1.82) is 15.8 Å². The zero-order chi connectivity index (χ0) is 67.3. The molecule has 9 aromatic rings. The lowest BCUT2D eigenvalue weighted by Crippen LogP contribution is -2.30. The summed E-state index contributed by atoms with van der Waals surface area (Å²) in [5.74, 6) is -1.02. The van der Waals surface area contributed by atoms with Gasteiger partial charge in [-0.15, -0.1) is 0 Å². The number of fused-ring (bicyclic) bond motifs is 3. The number of imidazole rings is 3. The van der Waals surface area contributed by atoms with Crippen LogP contribution >= 0.6 is 0 Å². The number of nitriles is 3. The van der Waals surface area contributed by atoms with Crippen molar-refractivity contribution in [3.05, 3.63) is 126 Å². The van der Waals surface area contributed by atoms with Crippen LogP contribution in [0.5, 0.6) is 17.2 Å². The van der Waals surface area contributed by atoms with E-state index in [9.17, 15) is 68.5 Å². The minimum atomic E-state index is -4.71. The van der Waals surface area contributed by atoms with Gasteiger partial charge >= 0.3 is 18.5 Å². The van der Waals surface area contributed by atoms with Crippen molar-refractivity contribution < 1.29 is 71.1 Å². The molecular weight excluding hydrogens is 1240 g/mol. The van der Waals surface area contributed by atoms with Crippen LogP contribution in [0.2, 0.25) is 0 Å². The number of amides is 1. The molecule has 0 spiro atoms. The first-order valence-corrected chi connectivity index (χ1v) is 29.8. The van der Waals surface area contributed by atoms with Crippen LogP contribution in [0.3, 0.4) is 0 Å². The number of aromatic nitrogens is 9. The molecule has 0 aliphatic carbocycles. The highest BCUT2D eigenvalue weighted by Gasteiger charge is 2.37. The molecule has 21 nitrogen and oxygen atoms in total. The van der Waals surface area contributed by atoms with Gasteiger partial charge in [0.1, 0.15) is 52.0 Å². The molecule has 9 rings (SSSR count). The number of nitrogens with one attached hydrogen (secondary N) is 1. The first kappa shape index (κ1) is 69.6. The van der Waals surface area contributed by atoms with Crippen LogP contribution in [0.15, 0.2) is 91.8 Å². The van der Waals surface area contributed by atoms with E-state index in [0.717, 1.165) is 37.1 Å². The summed E-state index contributed by atoms with van der Waals surface area (Å²) in [5, 5.41) is 31.1. The number of hydrogen-bond donors (Lipinski definition) is 1. The second-order valence-electron chi connectivity index (χ2n) is 20.3. The molecule has 1 N–H and O–H groups in total. The molecule has 0 bridgehead atoms. The van der Waals surface area contributed by atoms with Crippen LogP contribution in [0.25, 0.3) is 66.9 Å². The summed E-state index contributed by atoms with van der Waals surface area (Å²) >= 11 is 0. The van der Waals surface area contributed by atoms with E-state index in [1.807, 2.05) is 32.1 Å². The van der Waals surface area contributed by atoms with Gasteiger partial charge in [-0.1, -0.05) is 6.92 Å². The van der Waals surface area contributed by atoms with Crippen molar-refractivity contribution in [3.8, 4) is 69.2 Å². The molecule has 31 heteroatoms. The van der Waals surface area contributed by atoms with Crippen LogP contribution in [0.1, 0.15) is 73.8 Å². The van der Waals surface area contributed by atoms with E-state index >= 15 is 0 Å². The fourth-order valence-corrected chi connectivity index (χ4v) is 9.57. The van der Waals surface area contributed by atoms with Crippen molar-refractivity contribution >= 4 is 49.1 Å². The summed E-state index contributed by atoms with van der Waals surface area (Å²) in [5.41, 5.74) is 1.51. The number of ether oxygens (including phenoxy) is 3. The monoisotopic (exact) mass is 1300 g/mol. The average molecular weight is 1300 g/mol. The number of alkyl halides is 9. The van der Waals surface area contributed by atoms with E-state index in [2.05, 4.69) is 39.4 Å². The maximum Gasteiger partial charge on any atom is 0.419 e. The van der Waals surface area contributed by atoms with Gasteiger partial charge < -0.3 is 38.1 Å². The SMILES string of the molecule is CCN(CCCOc1ccc(-c2cc3c(ncn3C)c(C#N)n2)cc1C(F)(F)F)C(C)=O.CCNCCCOc1ccc(-c2cc3c(ncn3C)c(C#N)n2)cc1C(F)(F)F.Cn1cnc2c(C#N)nc(-c3ccc(OCCCOS(C)(=O)=O)c(C(F)(F)F)c3)cc21. The number of hydrogen-bond acceptors (Lipinski definition) is 17. The fraction of sp³-hybridized carbons (Fsp3) is 0.344. The predicted molar refractivity (Wildman–Crippen MR) is 319 cm³/mol. The number of carbonyl (C=O) groups is 1. The summed E-state index contributed by atoms with van der Waals surface area (Å²) < 4.78 is 170. The zero-order valence-corrected chi connectivity index (χ0v) is 51.2. The fourth-order valence-electron chi connectivity index (χ4n) is 9.15. The van der Waals surface area contributed by atoms with Gasteiger partial charge in [-0.05, 0) is 106 Å². The van der Waals surface area contributed by atoms with Crippen molar-refractivity contribution in [2.24, 2.45) is 21.1 Å². The van der Waals surface area contributed by atoms with Crippen LogP contribution in [-0.4, -0.2) is 122 Å². The second kappa shape index (κ2) is 29.8. The molecule has 92 heavy (non-hydrogen) atoms. The number of rotatable bonds is 21. The number of pyridine rings is 3. The van der Waals surface area contributed by atoms with Crippen molar-refractivity contribution in [3.63, 3.8) is 0 Å². The van der Waals surface area contributed by atoms with Gasteiger partial charge in [0.05, 0.1) is 102 Å². The van der Waals surface area contributed by atoms with Crippen LogP contribution < -0.4 is 19.5 Å². The molecule has 0 aliphatic rings. The molecule has 0 atom stereocenters. The van der Waals surface area contributed by atoms with Crippen LogP contribution in [0.4, 0.5) is 39.5 Å². The molecule has 0 fully saturated rings. The lowest BCUT2D eigenvalue weighted by atomic mass is 10.1. The van der Waals surface area contributed by atoms with E-state index in [0.29, 0.717) is 65.6 Å². The first-order chi connectivity index (χ1) is 43.5. The Hall–Kier alpha value is -9.90. The third-order valence-electron chi connectivity index (χ3n) is 13.7. The zero-order valence-electron chi connectivity index (χ0n) is 50.4. The Morgan fingerprint density at radius 1 is 0.554 bits per heavy atom. The topological polar surface area (TPSA) is 267 Å². The summed E-state index contributed by atoms with van der Waals surface area (Å²) in [6.07, 6.45) is -7.45. The van der Waals surface area contributed by atoms with Gasteiger partial charge in [-0.3, -0.25) is 8.98 Å². The van der Waals surface area contributed by atoms with Crippen molar-refractivity contribution in [1.82, 2.24) is 53.8 Å². The van der Waals surface area contributed by atoms with Gasteiger partial charge in [-0.2, -0.15) is 63.7 Å². The highest BCUT2D eigenvalue weighted by atomic mass is 32.2. The summed E-state index contributed by atoms with van der Waals surface area (Å²) in [7, 11) is 1.54. The van der Waals surface area contributed by atoms with Gasteiger partial charge in [0.15, 0.2) is 17.1 Å². The Labute approximate surface area is 521 Å². The molecule has 0 saturated carbocycles. The molecule has 0 radical (unpaired) electrons. The van der Waals surface area contributed by atoms with E-state index in [4.69, 9.17) is 14.2 Å². The lowest BCUT2D eigenvalue weighted by Gasteiger charge is -2.19. The van der Waals surface area contributed by atoms with Crippen LogP contribution in [0, 0.1) is 34.0 Å². The van der Waals surface area contributed by atoms with E-state index in [-0.39, 0.29) is 101 Å². The maximum atomic E-state index is 13.7. The van der Waals surface area contributed by atoms with Gasteiger partial charge in [0, 0.05) is 64.3 Å². The first-order valence-electron chi connectivity index (χ1n) is 28.0. The maximum absolute atomic E-state index is 13.7. The van der Waals surface area contributed by atoms with E-state index < -0.39 is 51.1 Å². The number of halogens is 9. The summed E-state index contributed by atoms with van der Waals surface area (Å²) in [4.78, 5) is 37.9. The summed E-state index contributed by atoms with van der Waals surface area (Å²) in [6, 6.07) is 21.6. The minimum Gasteiger partial charge on any atom is -0.493 e.